The van der Waals surface area contributed by atoms with Crippen molar-refractivity contribution in [3.8, 4) is 11.5 Å². The van der Waals surface area contributed by atoms with Crippen LogP contribution in [0.2, 0.25) is 0 Å². The molecular weight excluding hydrogens is 281 g/mol. The Bertz CT molecular complexity index is 702. The zero-order valence-corrected chi connectivity index (χ0v) is 10.7. The number of benzene rings is 2. The number of ether oxygens (including phenoxy) is 1. The van der Waals surface area contributed by atoms with Crippen LogP contribution in [0.25, 0.3) is 0 Å². The number of para-hydroxylation sites is 1. The fourth-order valence-corrected chi connectivity index (χ4v) is 1.75. The topological polar surface area (TPSA) is 89.7 Å². The Morgan fingerprint density at radius 1 is 1.24 bits per heavy atom. The number of halogens is 1. The molecule has 0 saturated heterocycles. The van der Waals surface area contributed by atoms with Crippen LogP contribution in [0.4, 0.5) is 10.1 Å². The van der Waals surface area contributed by atoms with Crippen LogP contribution in [0.3, 0.4) is 0 Å². The fourth-order valence-electron chi connectivity index (χ4n) is 1.75. The number of carboxylic acids is 1. The van der Waals surface area contributed by atoms with Crippen LogP contribution in [0.5, 0.6) is 11.5 Å². The first-order valence-electron chi connectivity index (χ1n) is 5.89. The molecule has 1 N–H and O–H groups in total. The maximum absolute atomic E-state index is 13.1. The largest absolute Gasteiger partial charge is 0.481 e. The van der Waals surface area contributed by atoms with Gasteiger partial charge in [0.15, 0.2) is 0 Å². The van der Waals surface area contributed by atoms with Gasteiger partial charge in [0, 0.05) is 5.56 Å². The van der Waals surface area contributed by atoms with Gasteiger partial charge in [0.05, 0.1) is 17.4 Å². The van der Waals surface area contributed by atoms with Crippen LogP contribution in [-0.4, -0.2) is 16.0 Å². The quantitative estimate of drug-likeness (QED) is 0.675. The summed E-state index contributed by atoms with van der Waals surface area (Å²) in [5.41, 5.74) is -0.163. The molecule has 2 rings (SSSR count). The molecule has 0 unspecified atom stereocenters. The van der Waals surface area contributed by atoms with Crippen molar-refractivity contribution in [2.45, 2.75) is 6.42 Å². The van der Waals surface area contributed by atoms with Gasteiger partial charge in [0.2, 0.25) is 5.75 Å². The molecule has 6 nitrogen and oxygen atoms in total. The number of rotatable bonds is 5. The molecule has 0 atom stereocenters. The summed E-state index contributed by atoms with van der Waals surface area (Å²) in [6.07, 6.45) is -0.287. The van der Waals surface area contributed by atoms with Gasteiger partial charge < -0.3 is 9.84 Å². The van der Waals surface area contributed by atoms with Crippen LogP contribution in [0, 0.1) is 15.9 Å². The lowest BCUT2D eigenvalue weighted by atomic mass is 10.1. The summed E-state index contributed by atoms with van der Waals surface area (Å²) >= 11 is 0. The van der Waals surface area contributed by atoms with Crippen molar-refractivity contribution in [2.75, 3.05) is 0 Å². The first-order valence-corrected chi connectivity index (χ1v) is 5.89. The number of hydrogen-bond donors (Lipinski definition) is 1. The minimum atomic E-state index is -1.06. The van der Waals surface area contributed by atoms with Crippen molar-refractivity contribution in [1.82, 2.24) is 0 Å². The Labute approximate surface area is 118 Å². The maximum Gasteiger partial charge on any atom is 0.314 e. The lowest BCUT2D eigenvalue weighted by Gasteiger charge is -2.10. The van der Waals surface area contributed by atoms with Gasteiger partial charge in [-0.3, -0.25) is 14.9 Å². The summed E-state index contributed by atoms with van der Waals surface area (Å²) in [6, 6.07) is 9.17. The predicted octanol–water partition coefficient (Wildman–Crippen LogP) is 3.15. The lowest BCUT2D eigenvalue weighted by Crippen LogP contribution is -2.02. The van der Waals surface area contributed by atoms with Crippen LogP contribution in [0.1, 0.15) is 5.56 Å². The zero-order valence-electron chi connectivity index (χ0n) is 10.7. The van der Waals surface area contributed by atoms with E-state index in [-0.39, 0.29) is 17.9 Å². The summed E-state index contributed by atoms with van der Waals surface area (Å²) in [7, 11) is 0. The van der Waals surface area contributed by atoms with Crippen LogP contribution < -0.4 is 4.74 Å². The molecule has 0 radical (unpaired) electrons. The van der Waals surface area contributed by atoms with E-state index in [0.29, 0.717) is 5.56 Å². The Kier molecular flexibility index (Phi) is 4.13. The molecule has 108 valence electrons. The average Bonchev–Trinajstić information content (AvgIpc) is 2.42. The molecule has 0 aromatic heterocycles. The molecule has 21 heavy (non-hydrogen) atoms. The second-order valence-corrected chi connectivity index (χ2v) is 4.15. The fraction of sp³-hybridized carbons (Fsp3) is 0.0714. The molecule has 0 spiro atoms. The highest BCUT2D eigenvalue weighted by molar-refractivity contribution is 5.71. The minimum Gasteiger partial charge on any atom is -0.481 e. The normalized spacial score (nSPS) is 10.1. The number of aliphatic carboxylic acids is 1. The predicted molar refractivity (Wildman–Crippen MR) is 70.9 cm³/mol. The number of carboxylic acid groups (broad SMARTS) is 1. The summed E-state index contributed by atoms with van der Waals surface area (Å²) in [6.45, 7) is 0. The highest BCUT2D eigenvalue weighted by Gasteiger charge is 2.18. The molecule has 0 heterocycles. The molecule has 0 amide bonds. The molecule has 0 fully saturated rings. The van der Waals surface area contributed by atoms with Crippen LogP contribution in [-0.2, 0) is 11.2 Å². The molecule has 2 aromatic rings. The van der Waals surface area contributed by atoms with Gasteiger partial charge in [-0.1, -0.05) is 18.2 Å². The zero-order chi connectivity index (χ0) is 15.4. The van der Waals surface area contributed by atoms with Crippen molar-refractivity contribution in [3.63, 3.8) is 0 Å². The Hall–Kier alpha value is -2.96. The van der Waals surface area contributed by atoms with Crippen molar-refractivity contribution in [3.05, 3.63) is 64.0 Å². The SMILES string of the molecule is O=C(O)Cc1ccccc1Oc1ccc(F)cc1[N+](=O)[O-]. The van der Waals surface area contributed by atoms with E-state index in [1.54, 1.807) is 18.2 Å². The number of carbonyl (C=O) groups is 1. The monoisotopic (exact) mass is 291 g/mol. The van der Waals surface area contributed by atoms with Crippen molar-refractivity contribution in [2.24, 2.45) is 0 Å². The second-order valence-electron chi connectivity index (χ2n) is 4.15. The summed E-state index contributed by atoms with van der Waals surface area (Å²) < 4.78 is 18.4. The minimum absolute atomic E-state index is 0.153. The molecule has 0 aliphatic carbocycles. The third-order valence-corrected chi connectivity index (χ3v) is 2.65. The molecular formula is C14H10FNO5. The van der Waals surface area contributed by atoms with Gasteiger partial charge >= 0.3 is 11.7 Å². The van der Waals surface area contributed by atoms with E-state index in [2.05, 4.69) is 0 Å². The Morgan fingerprint density at radius 2 is 1.95 bits per heavy atom. The van der Waals surface area contributed by atoms with Gasteiger partial charge in [-0.05, 0) is 18.2 Å². The standard InChI is InChI=1S/C14H10FNO5/c15-10-5-6-13(11(8-10)16(19)20)21-12-4-2-1-3-9(12)7-14(17)18/h1-6,8H,7H2,(H,17,18). The van der Waals surface area contributed by atoms with Gasteiger partial charge in [-0.25, -0.2) is 4.39 Å². The molecule has 0 aliphatic heterocycles. The Morgan fingerprint density at radius 3 is 2.62 bits per heavy atom. The van der Waals surface area contributed by atoms with Crippen molar-refractivity contribution >= 4 is 11.7 Å². The maximum atomic E-state index is 13.1. The summed E-state index contributed by atoms with van der Waals surface area (Å²) in [4.78, 5) is 20.9. The third kappa shape index (κ3) is 3.53. The van der Waals surface area contributed by atoms with E-state index in [4.69, 9.17) is 9.84 Å². The third-order valence-electron chi connectivity index (χ3n) is 2.65. The summed E-state index contributed by atoms with van der Waals surface area (Å²) in [5.74, 6) is -1.79. The van der Waals surface area contributed by atoms with Crippen LogP contribution >= 0.6 is 0 Å². The summed E-state index contributed by atoms with van der Waals surface area (Å²) in [5, 5.41) is 19.7. The van der Waals surface area contributed by atoms with E-state index < -0.39 is 22.4 Å². The van der Waals surface area contributed by atoms with Gasteiger partial charge in [-0.15, -0.1) is 0 Å². The number of hydrogen-bond acceptors (Lipinski definition) is 4. The molecule has 7 heteroatoms. The first-order chi connectivity index (χ1) is 9.97. The highest BCUT2D eigenvalue weighted by Crippen LogP contribution is 2.33. The smallest absolute Gasteiger partial charge is 0.314 e. The second kappa shape index (κ2) is 6.00. The molecule has 2 aromatic carbocycles. The van der Waals surface area contributed by atoms with E-state index in [9.17, 15) is 19.3 Å². The van der Waals surface area contributed by atoms with Crippen molar-refractivity contribution < 1.29 is 24.0 Å². The number of nitro groups is 1. The van der Waals surface area contributed by atoms with Crippen molar-refractivity contribution in [1.29, 1.82) is 0 Å². The Balaban J connectivity index is 2.39. The lowest BCUT2D eigenvalue weighted by molar-refractivity contribution is -0.385. The molecule has 0 bridgehead atoms. The highest BCUT2D eigenvalue weighted by atomic mass is 19.1. The van der Waals surface area contributed by atoms with Gasteiger partial charge in [-0.2, -0.15) is 0 Å². The van der Waals surface area contributed by atoms with Gasteiger partial charge in [0.1, 0.15) is 11.6 Å². The number of nitrogens with zero attached hydrogens (tertiary/aromatic N) is 1. The molecule has 0 saturated carbocycles. The molecule has 0 aliphatic rings. The van der Waals surface area contributed by atoms with E-state index in [0.717, 1.165) is 18.2 Å². The van der Waals surface area contributed by atoms with E-state index >= 15 is 0 Å². The number of nitro benzene ring substituents is 1. The van der Waals surface area contributed by atoms with Gasteiger partial charge in [0.25, 0.3) is 0 Å². The van der Waals surface area contributed by atoms with E-state index in [1.807, 2.05) is 0 Å². The average molecular weight is 291 g/mol. The van der Waals surface area contributed by atoms with Crippen LogP contribution in [0.15, 0.2) is 42.5 Å². The first kappa shape index (κ1) is 14.4. The van der Waals surface area contributed by atoms with E-state index in [1.165, 1.54) is 6.07 Å².